The van der Waals surface area contributed by atoms with Gasteiger partial charge in [0.15, 0.2) is 5.96 Å². The number of amides is 1. The molecule has 154 valence electrons. The van der Waals surface area contributed by atoms with Crippen LogP contribution in [0.1, 0.15) is 31.7 Å². The molecule has 0 saturated carbocycles. The topological polar surface area (TPSA) is 83.2 Å². The SMILES string of the molecule is CC1CCCN(C(N)=NCc2cccc(NC(=O)CCN3CCOCC3)c2)C1. The first kappa shape index (κ1) is 20.6. The Hall–Kier alpha value is -2.12. The summed E-state index contributed by atoms with van der Waals surface area (Å²) in [6.45, 7) is 8.82. The highest BCUT2D eigenvalue weighted by atomic mass is 16.5. The first-order chi connectivity index (χ1) is 13.6. The van der Waals surface area contributed by atoms with E-state index in [1.54, 1.807) is 0 Å². The van der Waals surface area contributed by atoms with Crippen LogP contribution in [0.2, 0.25) is 0 Å². The van der Waals surface area contributed by atoms with Crippen molar-refractivity contribution < 1.29 is 9.53 Å². The minimum absolute atomic E-state index is 0.0361. The number of nitrogens with one attached hydrogen (secondary N) is 1. The van der Waals surface area contributed by atoms with Gasteiger partial charge in [0.2, 0.25) is 5.91 Å². The highest BCUT2D eigenvalue weighted by molar-refractivity contribution is 5.90. The van der Waals surface area contributed by atoms with Gasteiger partial charge in [-0.15, -0.1) is 0 Å². The van der Waals surface area contributed by atoms with Gasteiger partial charge in [-0.1, -0.05) is 19.1 Å². The van der Waals surface area contributed by atoms with Crippen LogP contribution in [0.3, 0.4) is 0 Å². The minimum Gasteiger partial charge on any atom is -0.379 e. The van der Waals surface area contributed by atoms with E-state index in [1.807, 2.05) is 24.3 Å². The number of hydrogen-bond donors (Lipinski definition) is 2. The molecule has 2 heterocycles. The van der Waals surface area contributed by atoms with Crippen molar-refractivity contribution in [1.29, 1.82) is 0 Å². The van der Waals surface area contributed by atoms with Gasteiger partial charge in [0.1, 0.15) is 0 Å². The average molecular weight is 388 g/mol. The number of carbonyl (C=O) groups excluding carboxylic acids is 1. The van der Waals surface area contributed by atoms with E-state index in [0.717, 1.165) is 57.2 Å². The summed E-state index contributed by atoms with van der Waals surface area (Å²) in [6, 6.07) is 7.85. The first-order valence-corrected chi connectivity index (χ1v) is 10.3. The lowest BCUT2D eigenvalue weighted by atomic mass is 10.0. The van der Waals surface area contributed by atoms with Crippen molar-refractivity contribution in [2.45, 2.75) is 32.7 Å². The van der Waals surface area contributed by atoms with Gasteiger partial charge < -0.3 is 20.7 Å². The highest BCUT2D eigenvalue weighted by Gasteiger charge is 2.17. The summed E-state index contributed by atoms with van der Waals surface area (Å²) in [5, 5.41) is 2.99. The number of guanidine groups is 1. The van der Waals surface area contributed by atoms with Crippen LogP contribution in [0, 0.1) is 5.92 Å². The number of carbonyl (C=O) groups is 1. The van der Waals surface area contributed by atoms with Crippen LogP contribution in [-0.2, 0) is 16.1 Å². The van der Waals surface area contributed by atoms with Gasteiger partial charge in [0.05, 0.1) is 19.8 Å². The van der Waals surface area contributed by atoms with Crippen molar-refractivity contribution in [3.8, 4) is 0 Å². The lowest BCUT2D eigenvalue weighted by molar-refractivity contribution is -0.116. The van der Waals surface area contributed by atoms with E-state index in [1.165, 1.54) is 12.8 Å². The molecule has 0 bridgehead atoms. The first-order valence-electron chi connectivity index (χ1n) is 10.3. The summed E-state index contributed by atoms with van der Waals surface area (Å²) in [4.78, 5) is 21.2. The summed E-state index contributed by atoms with van der Waals surface area (Å²) >= 11 is 0. The molecule has 2 saturated heterocycles. The van der Waals surface area contributed by atoms with Crippen molar-refractivity contribution in [2.75, 3.05) is 51.3 Å². The quantitative estimate of drug-likeness (QED) is 0.575. The van der Waals surface area contributed by atoms with Crippen molar-refractivity contribution in [2.24, 2.45) is 16.6 Å². The fourth-order valence-electron chi connectivity index (χ4n) is 3.73. The number of hydrogen-bond acceptors (Lipinski definition) is 4. The molecule has 28 heavy (non-hydrogen) atoms. The summed E-state index contributed by atoms with van der Waals surface area (Å²) in [5.74, 6) is 1.32. The molecule has 7 heteroatoms. The van der Waals surface area contributed by atoms with Gasteiger partial charge in [-0.2, -0.15) is 0 Å². The Bertz CT molecular complexity index is 673. The Balaban J connectivity index is 1.47. The standard InChI is InChI=1S/C21H33N5O2/c1-17-4-3-8-26(16-17)21(22)23-15-18-5-2-6-19(14-18)24-20(27)7-9-25-10-12-28-13-11-25/h2,5-6,14,17H,3-4,7-13,15-16H2,1H3,(H2,22,23)(H,24,27). The van der Waals surface area contributed by atoms with E-state index in [9.17, 15) is 4.79 Å². The molecular weight excluding hydrogens is 354 g/mol. The molecule has 1 amide bonds. The molecule has 1 aromatic rings. The summed E-state index contributed by atoms with van der Waals surface area (Å²) in [5.41, 5.74) is 8.03. The maximum atomic E-state index is 12.2. The molecule has 3 rings (SSSR count). The second-order valence-electron chi connectivity index (χ2n) is 7.82. The van der Waals surface area contributed by atoms with Crippen LogP contribution >= 0.6 is 0 Å². The largest absolute Gasteiger partial charge is 0.379 e. The molecule has 7 nitrogen and oxygen atoms in total. The maximum Gasteiger partial charge on any atom is 0.225 e. The second-order valence-corrected chi connectivity index (χ2v) is 7.82. The van der Waals surface area contributed by atoms with Crippen LogP contribution in [-0.4, -0.2) is 67.6 Å². The zero-order valence-corrected chi connectivity index (χ0v) is 16.9. The average Bonchev–Trinajstić information content (AvgIpc) is 2.71. The van der Waals surface area contributed by atoms with Gasteiger partial charge in [-0.25, -0.2) is 4.99 Å². The van der Waals surface area contributed by atoms with Crippen LogP contribution in [0.5, 0.6) is 0 Å². The Kier molecular flexibility index (Phi) is 7.68. The lowest BCUT2D eigenvalue weighted by Gasteiger charge is -2.31. The van der Waals surface area contributed by atoms with E-state index in [0.29, 0.717) is 24.8 Å². The molecule has 1 aromatic carbocycles. The number of benzene rings is 1. The van der Waals surface area contributed by atoms with Gasteiger partial charge in [0, 0.05) is 44.8 Å². The summed E-state index contributed by atoms with van der Waals surface area (Å²) < 4.78 is 5.33. The number of aliphatic imine (C=N–C) groups is 1. The van der Waals surface area contributed by atoms with Gasteiger partial charge >= 0.3 is 0 Å². The Morgan fingerprint density at radius 1 is 1.32 bits per heavy atom. The highest BCUT2D eigenvalue weighted by Crippen LogP contribution is 2.16. The number of rotatable bonds is 6. The Morgan fingerprint density at radius 2 is 2.14 bits per heavy atom. The van der Waals surface area contributed by atoms with E-state index < -0.39 is 0 Å². The molecular formula is C21H33N5O2. The fourth-order valence-corrected chi connectivity index (χ4v) is 3.73. The fraction of sp³-hybridized carbons (Fsp3) is 0.619. The number of morpholine rings is 1. The molecule has 0 radical (unpaired) electrons. The monoisotopic (exact) mass is 387 g/mol. The van der Waals surface area contributed by atoms with Crippen LogP contribution < -0.4 is 11.1 Å². The molecule has 1 unspecified atom stereocenters. The molecule has 0 aliphatic carbocycles. The maximum absolute atomic E-state index is 12.2. The van der Waals surface area contributed by atoms with Crippen LogP contribution in [0.4, 0.5) is 5.69 Å². The summed E-state index contributed by atoms with van der Waals surface area (Å²) in [7, 11) is 0. The number of anilines is 1. The molecule has 2 aliphatic rings. The normalized spacial score (nSPS) is 21.5. The van der Waals surface area contributed by atoms with E-state index >= 15 is 0 Å². The Morgan fingerprint density at radius 3 is 2.93 bits per heavy atom. The Labute approximate surface area is 167 Å². The van der Waals surface area contributed by atoms with Gasteiger partial charge in [0.25, 0.3) is 0 Å². The van der Waals surface area contributed by atoms with Gasteiger partial charge in [-0.3, -0.25) is 9.69 Å². The van der Waals surface area contributed by atoms with Crippen LogP contribution in [0.15, 0.2) is 29.3 Å². The third-order valence-corrected chi connectivity index (χ3v) is 5.37. The molecule has 2 fully saturated rings. The van der Waals surface area contributed by atoms with E-state index in [-0.39, 0.29) is 5.91 Å². The van der Waals surface area contributed by atoms with E-state index in [2.05, 4.69) is 27.0 Å². The van der Waals surface area contributed by atoms with Crippen molar-refractivity contribution in [1.82, 2.24) is 9.80 Å². The number of ether oxygens (including phenoxy) is 1. The summed E-state index contributed by atoms with van der Waals surface area (Å²) in [6.07, 6.45) is 2.92. The molecule has 0 aromatic heterocycles. The third-order valence-electron chi connectivity index (χ3n) is 5.37. The predicted molar refractivity (Wildman–Crippen MR) is 112 cm³/mol. The molecule has 3 N–H and O–H groups in total. The van der Waals surface area contributed by atoms with Crippen molar-refractivity contribution in [3.63, 3.8) is 0 Å². The van der Waals surface area contributed by atoms with Crippen LogP contribution in [0.25, 0.3) is 0 Å². The second kappa shape index (κ2) is 10.4. The molecule has 1 atom stereocenters. The zero-order chi connectivity index (χ0) is 19.8. The smallest absolute Gasteiger partial charge is 0.225 e. The minimum atomic E-state index is 0.0361. The van der Waals surface area contributed by atoms with E-state index in [4.69, 9.17) is 10.5 Å². The number of nitrogens with two attached hydrogens (primary N) is 1. The van der Waals surface area contributed by atoms with Crippen molar-refractivity contribution >= 4 is 17.6 Å². The predicted octanol–water partition coefficient (Wildman–Crippen LogP) is 1.89. The van der Waals surface area contributed by atoms with Gasteiger partial charge in [-0.05, 0) is 36.5 Å². The number of piperidine rings is 1. The zero-order valence-electron chi connectivity index (χ0n) is 16.9. The molecule has 2 aliphatic heterocycles. The number of likely N-dealkylation sites (tertiary alicyclic amines) is 1. The van der Waals surface area contributed by atoms with Crippen molar-refractivity contribution in [3.05, 3.63) is 29.8 Å². The number of nitrogens with zero attached hydrogens (tertiary/aromatic N) is 3. The molecule has 0 spiro atoms. The third kappa shape index (κ3) is 6.49. The lowest BCUT2D eigenvalue weighted by Crippen LogP contribution is -2.43.